The van der Waals surface area contributed by atoms with E-state index in [4.69, 9.17) is 16.9 Å². The van der Waals surface area contributed by atoms with Crippen LogP contribution < -0.4 is 9.80 Å². The molecule has 6 nitrogen and oxygen atoms in total. The largest absolute Gasteiger partial charge is 0.342 e. The van der Waals surface area contributed by atoms with E-state index in [2.05, 4.69) is 25.9 Å². The van der Waals surface area contributed by atoms with Gasteiger partial charge in [0.2, 0.25) is 17.2 Å². The third kappa shape index (κ3) is 3.70. The molecule has 1 unspecified atom stereocenters. The smallest absolute Gasteiger partial charge is 0.231 e. The van der Waals surface area contributed by atoms with Gasteiger partial charge in [-0.25, -0.2) is 0 Å². The van der Waals surface area contributed by atoms with Gasteiger partial charge in [-0.1, -0.05) is 0 Å². The fraction of sp³-hybridized carbons (Fsp3) is 0.692. The van der Waals surface area contributed by atoms with E-state index >= 15 is 0 Å². The van der Waals surface area contributed by atoms with E-state index in [9.17, 15) is 0 Å². The summed E-state index contributed by atoms with van der Waals surface area (Å²) >= 11 is 6.00. The first-order valence-corrected chi connectivity index (χ1v) is 7.25. The summed E-state index contributed by atoms with van der Waals surface area (Å²) in [4.78, 5) is 16.8. The average molecular weight is 295 g/mol. The van der Waals surface area contributed by atoms with Crippen molar-refractivity contribution in [2.75, 3.05) is 36.5 Å². The highest BCUT2D eigenvalue weighted by Crippen LogP contribution is 2.20. The Morgan fingerprint density at radius 2 is 2.00 bits per heavy atom. The highest BCUT2D eigenvalue weighted by atomic mass is 35.5. The lowest BCUT2D eigenvalue weighted by Crippen LogP contribution is -2.32. The third-order valence-corrected chi connectivity index (χ3v) is 3.50. The van der Waals surface area contributed by atoms with Gasteiger partial charge < -0.3 is 9.80 Å². The maximum atomic E-state index is 8.88. The van der Waals surface area contributed by atoms with Gasteiger partial charge in [-0.05, 0) is 37.8 Å². The molecule has 20 heavy (non-hydrogen) atoms. The van der Waals surface area contributed by atoms with Crippen molar-refractivity contribution in [1.29, 1.82) is 5.26 Å². The Balaban J connectivity index is 2.17. The van der Waals surface area contributed by atoms with Gasteiger partial charge in [0.05, 0.1) is 12.0 Å². The molecule has 0 saturated carbocycles. The summed E-state index contributed by atoms with van der Waals surface area (Å²) in [7, 11) is 1.86. The number of hydrogen-bond acceptors (Lipinski definition) is 6. The Hall–Kier alpha value is -1.61. The molecule has 1 atom stereocenters. The minimum absolute atomic E-state index is 0.0889. The number of rotatable bonds is 4. The van der Waals surface area contributed by atoms with Crippen molar-refractivity contribution in [2.24, 2.45) is 5.92 Å². The standard InChI is InChI=1S/C13H19ClN6/c1-10(8-15)9-19(2)12-16-11(14)17-13(18-12)20-6-4-3-5-7-20/h10H,3-7,9H2,1-2H3. The second-order valence-corrected chi connectivity index (χ2v) is 5.50. The Labute approximate surface area is 124 Å². The van der Waals surface area contributed by atoms with E-state index in [0.717, 1.165) is 25.9 Å². The normalized spacial score (nSPS) is 16.6. The van der Waals surface area contributed by atoms with Crippen LogP contribution in [0.15, 0.2) is 0 Å². The monoisotopic (exact) mass is 294 g/mol. The minimum Gasteiger partial charge on any atom is -0.342 e. The van der Waals surface area contributed by atoms with Gasteiger partial charge in [0, 0.05) is 26.7 Å². The van der Waals surface area contributed by atoms with Crippen molar-refractivity contribution in [3.63, 3.8) is 0 Å². The molecule has 1 aliphatic heterocycles. The maximum absolute atomic E-state index is 8.88. The lowest BCUT2D eigenvalue weighted by atomic mass is 10.1. The second kappa shape index (κ2) is 6.71. The molecule has 0 N–H and O–H groups in total. The van der Waals surface area contributed by atoms with E-state index in [1.807, 2.05) is 18.9 Å². The van der Waals surface area contributed by atoms with Crippen molar-refractivity contribution < 1.29 is 0 Å². The molecule has 108 valence electrons. The first kappa shape index (κ1) is 14.8. The molecule has 0 aliphatic carbocycles. The zero-order valence-corrected chi connectivity index (χ0v) is 12.6. The number of aromatic nitrogens is 3. The number of nitrogens with zero attached hydrogens (tertiary/aromatic N) is 6. The van der Waals surface area contributed by atoms with Crippen LogP contribution in [0.1, 0.15) is 26.2 Å². The fourth-order valence-corrected chi connectivity index (χ4v) is 2.42. The Kier molecular flexibility index (Phi) is 4.96. The van der Waals surface area contributed by atoms with Crippen LogP contribution in [-0.2, 0) is 0 Å². The minimum atomic E-state index is -0.0889. The van der Waals surface area contributed by atoms with Gasteiger partial charge in [0.25, 0.3) is 0 Å². The summed E-state index contributed by atoms with van der Waals surface area (Å²) in [6.45, 7) is 4.34. The van der Waals surface area contributed by atoms with E-state index in [1.54, 1.807) is 0 Å². The van der Waals surface area contributed by atoms with Crippen LogP contribution in [0, 0.1) is 17.2 Å². The molecule has 2 rings (SSSR count). The number of nitriles is 1. The molecule has 0 aromatic carbocycles. The zero-order valence-electron chi connectivity index (χ0n) is 11.9. The SMILES string of the molecule is CC(C#N)CN(C)c1nc(Cl)nc(N2CCCCC2)n1. The van der Waals surface area contributed by atoms with Crippen LogP contribution in [0.4, 0.5) is 11.9 Å². The molecule has 2 heterocycles. The molecule has 0 amide bonds. The van der Waals surface area contributed by atoms with Gasteiger partial charge in [-0.3, -0.25) is 0 Å². The van der Waals surface area contributed by atoms with Gasteiger partial charge in [-0.15, -0.1) is 0 Å². The van der Waals surface area contributed by atoms with Gasteiger partial charge in [0.15, 0.2) is 0 Å². The summed E-state index contributed by atoms with van der Waals surface area (Å²) in [5, 5.41) is 9.08. The predicted octanol–water partition coefficient (Wildman–Crippen LogP) is 2.11. The summed E-state index contributed by atoms with van der Waals surface area (Å²) in [5.74, 6) is 1.07. The first-order chi connectivity index (χ1) is 9.60. The van der Waals surface area contributed by atoms with Crippen LogP contribution in [0.3, 0.4) is 0 Å². The summed E-state index contributed by atoms with van der Waals surface area (Å²) in [5.41, 5.74) is 0. The molecular formula is C13H19ClN6. The molecule has 7 heteroatoms. The molecule has 1 fully saturated rings. The molecule has 0 spiro atoms. The Morgan fingerprint density at radius 1 is 1.30 bits per heavy atom. The molecule has 1 aromatic rings. The van der Waals surface area contributed by atoms with Crippen molar-refractivity contribution in [2.45, 2.75) is 26.2 Å². The van der Waals surface area contributed by atoms with Crippen LogP contribution in [0.2, 0.25) is 5.28 Å². The van der Waals surface area contributed by atoms with Crippen molar-refractivity contribution in [3.05, 3.63) is 5.28 Å². The van der Waals surface area contributed by atoms with Crippen LogP contribution >= 0.6 is 11.6 Å². The topological polar surface area (TPSA) is 68.9 Å². The van der Waals surface area contributed by atoms with Crippen molar-refractivity contribution in [1.82, 2.24) is 15.0 Å². The van der Waals surface area contributed by atoms with Gasteiger partial charge in [0.1, 0.15) is 0 Å². The Morgan fingerprint density at radius 3 is 2.65 bits per heavy atom. The molecule has 0 bridgehead atoms. The quantitative estimate of drug-likeness (QED) is 0.847. The maximum Gasteiger partial charge on any atom is 0.231 e. The third-order valence-electron chi connectivity index (χ3n) is 3.33. The zero-order chi connectivity index (χ0) is 14.5. The van der Waals surface area contributed by atoms with E-state index in [0.29, 0.717) is 18.4 Å². The fourth-order valence-electron chi connectivity index (χ4n) is 2.27. The number of anilines is 2. The number of halogens is 1. The van der Waals surface area contributed by atoms with Gasteiger partial charge in [-0.2, -0.15) is 20.2 Å². The summed E-state index contributed by atoms with van der Waals surface area (Å²) < 4.78 is 0. The highest BCUT2D eigenvalue weighted by molar-refractivity contribution is 6.28. The summed E-state index contributed by atoms with van der Waals surface area (Å²) in [6.07, 6.45) is 3.56. The number of piperidine rings is 1. The van der Waals surface area contributed by atoms with E-state index in [-0.39, 0.29) is 11.2 Å². The molecule has 1 aliphatic rings. The lowest BCUT2D eigenvalue weighted by Gasteiger charge is -2.27. The average Bonchev–Trinajstić information content (AvgIpc) is 2.47. The van der Waals surface area contributed by atoms with Gasteiger partial charge >= 0.3 is 0 Å². The van der Waals surface area contributed by atoms with Crippen LogP contribution in [0.5, 0.6) is 0 Å². The Bertz CT molecular complexity index is 494. The molecular weight excluding hydrogens is 276 g/mol. The predicted molar refractivity (Wildman–Crippen MR) is 78.9 cm³/mol. The molecule has 1 saturated heterocycles. The molecule has 1 aromatic heterocycles. The lowest BCUT2D eigenvalue weighted by molar-refractivity contribution is 0.566. The van der Waals surface area contributed by atoms with Crippen molar-refractivity contribution >= 4 is 23.5 Å². The number of hydrogen-bond donors (Lipinski definition) is 0. The second-order valence-electron chi connectivity index (χ2n) is 5.16. The van der Waals surface area contributed by atoms with Crippen molar-refractivity contribution in [3.8, 4) is 6.07 Å². The first-order valence-electron chi connectivity index (χ1n) is 6.87. The highest BCUT2D eigenvalue weighted by Gasteiger charge is 2.17. The summed E-state index contributed by atoms with van der Waals surface area (Å²) in [6, 6.07) is 2.20. The molecule has 0 radical (unpaired) electrons. The van der Waals surface area contributed by atoms with Crippen LogP contribution in [0.25, 0.3) is 0 Å². The van der Waals surface area contributed by atoms with E-state index < -0.39 is 0 Å². The van der Waals surface area contributed by atoms with E-state index in [1.165, 1.54) is 6.42 Å². The van der Waals surface area contributed by atoms with Crippen LogP contribution in [-0.4, -0.2) is 41.6 Å².